The van der Waals surface area contributed by atoms with Crippen LogP contribution in [0.1, 0.15) is 73.5 Å². The minimum Gasteiger partial charge on any atom is -0.332 e. The fourth-order valence-electron chi connectivity index (χ4n) is 4.76. The molecule has 23 heavy (non-hydrogen) atoms. The number of allylic oxidation sites excluding steroid dienone is 2. The van der Waals surface area contributed by atoms with Gasteiger partial charge in [0.15, 0.2) is 0 Å². The molecule has 0 aliphatic heterocycles. The first kappa shape index (κ1) is 18.5. The van der Waals surface area contributed by atoms with Gasteiger partial charge in [-0.15, -0.1) is 0 Å². The normalized spacial score (nSPS) is 18.7. The quantitative estimate of drug-likeness (QED) is 0.662. The number of rotatable bonds is 2. The highest BCUT2D eigenvalue weighted by molar-refractivity contribution is 6.77. The Morgan fingerprint density at radius 3 is 1.74 bits per heavy atom. The molecule has 0 bridgehead atoms. The number of hydrogen-bond donors (Lipinski definition) is 1. The lowest BCUT2D eigenvalue weighted by atomic mass is 9.88. The van der Waals surface area contributed by atoms with E-state index in [9.17, 15) is 0 Å². The third-order valence-electron chi connectivity index (χ3n) is 5.84. The number of hydrogen-bond acceptors (Lipinski definition) is 1. The van der Waals surface area contributed by atoms with Crippen LogP contribution < -0.4 is 4.98 Å². The molecule has 2 heteroatoms. The Morgan fingerprint density at radius 2 is 1.26 bits per heavy atom. The topological polar surface area (TPSA) is 12.0 Å². The molecule has 0 radical (unpaired) electrons. The first-order chi connectivity index (χ1) is 10.3. The van der Waals surface area contributed by atoms with Crippen molar-refractivity contribution in [2.24, 2.45) is 0 Å². The maximum absolute atomic E-state index is 4.01. The Bertz CT molecular complexity index is 687. The SMILES string of the molecule is CC1=C(C)C([Si](C)(C)NC(C)(C)C)c2c(C)c(C)c(C)c(C)c21. The molecule has 1 atom stereocenters. The predicted molar refractivity (Wildman–Crippen MR) is 107 cm³/mol. The summed E-state index contributed by atoms with van der Waals surface area (Å²) >= 11 is 0. The lowest BCUT2D eigenvalue weighted by molar-refractivity contribution is 0.508. The van der Waals surface area contributed by atoms with E-state index in [1.54, 1.807) is 16.7 Å². The van der Waals surface area contributed by atoms with Gasteiger partial charge in [-0.1, -0.05) is 18.7 Å². The van der Waals surface area contributed by atoms with Crippen LogP contribution in [-0.2, 0) is 0 Å². The highest BCUT2D eigenvalue weighted by Crippen LogP contribution is 2.49. The number of nitrogens with one attached hydrogen (secondary N) is 1. The van der Waals surface area contributed by atoms with Crippen LogP contribution in [0.2, 0.25) is 13.1 Å². The average Bonchev–Trinajstić information content (AvgIpc) is 2.65. The summed E-state index contributed by atoms with van der Waals surface area (Å²) < 4.78 is 0. The molecule has 0 fully saturated rings. The zero-order chi connectivity index (χ0) is 17.9. The molecule has 0 heterocycles. The van der Waals surface area contributed by atoms with Crippen LogP contribution in [0.3, 0.4) is 0 Å². The van der Waals surface area contributed by atoms with Gasteiger partial charge in [0.1, 0.15) is 8.24 Å². The molecule has 1 unspecified atom stereocenters. The van der Waals surface area contributed by atoms with E-state index in [-0.39, 0.29) is 5.54 Å². The summed E-state index contributed by atoms with van der Waals surface area (Å²) in [5.74, 6) is 0. The van der Waals surface area contributed by atoms with E-state index in [2.05, 4.69) is 80.4 Å². The van der Waals surface area contributed by atoms with Crippen LogP contribution >= 0.6 is 0 Å². The largest absolute Gasteiger partial charge is 0.332 e. The lowest BCUT2D eigenvalue weighted by Crippen LogP contribution is -2.58. The molecule has 1 nitrogen and oxygen atoms in total. The van der Waals surface area contributed by atoms with Crippen molar-refractivity contribution in [1.82, 2.24) is 4.98 Å². The molecule has 0 aromatic heterocycles. The fraction of sp³-hybridized carbons (Fsp3) is 0.619. The van der Waals surface area contributed by atoms with Gasteiger partial charge in [-0.25, -0.2) is 0 Å². The van der Waals surface area contributed by atoms with E-state index < -0.39 is 8.24 Å². The van der Waals surface area contributed by atoms with Crippen molar-refractivity contribution >= 4 is 13.8 Å². The maximum Gasteiger partial charge on any atom is 0.131 e. The average molecular weight is 330 g/mol. The zero-order valence-corrected chi connectivity index (χ0v) is 18.1. The first-order valence-corrected chi connectivity index (χ1v) is 11.9. The van der Waals surface area contributed by atoms with E-state index >= 15 is 0 Å². The van der Waals surface area contributed by atoms with Gasteiger partial charge >= 0.3 is 0 Å². The van der Waals surface area contributed by atoms with Gasteiger partial charge in [-0.05, 0) is 101 Å². The molecule has 0 saturated heterocycles. The molecule has 0 saturated carbocycles. The Balaban J connectivity index is 2.73. The molecule has 2 rings (SSSR count). The molecule has 0 spiro atoms. The van der Waals surface area contributed by atoms with Gasteiger partial charge in [0, 0.05) is 11.1 Å². The molecular formula is C21H35NSi. The highest BCUT2D eigenvalue weighted by Gasteiger charge is 2.43. The van der Waals surface area contributed by atoms with Crippen LogP contribution in [0.4, 0.5) is 0 Å². The van der Waals surface area contributed by atoms with Crippen molar-refractivity contribution in [1.29, 1.82) is 0 Å². The Kier molecular flexibility index (Phi) is 4.49. The van der Waals surface area contributed by atoms with Crippen LogP contribution in [0.15, 0.2) is 5.57 Å². The summed E-state index contributed by atoms with van der Waals surface area (Å²) in [6.07, 6.45) is 0. The van der Waals surface area contributed by atoms with Gasteiger partial charge < -0.3 is 4.98 Å². The maximum atomic E-state index is 4.01. The van der Waals surface area contributed by atoms with E-state index in [1.165, 1.54) is 27.8 Å². The van der Waals surface area contributed by atoms with Crippen LogP contribution in [0, 0.1) is 27.7 Å². The summed E-state index contributed by atoms with van der Waals surface area (Å²) in [5.41, 5.74) is 13.0. The van der Waals surface area contributed by atoms with Gasteiger partial charge in [-0.3, -0.25) is 0 Å². The summed E-state index contributed by atoms with van der Waals surface area (Å²) in [6.45, 7) is 25.8. The molecule has 1 N–H and O–H groups in total. The number of benzene rings is 1. The van der Waals surface area contributed by atoms with Crippen molar-refractivity contribution in [3.8, 4) is 0 Å². The Morgan fingerprint density at radius 1 is 0.783 bits per heavy atom. The summed E-state index contributed by atoms with van der Waals surface area (Å²) in [6, 6.07) is 0. The monoisotopic (exact) mass is 329 g/mol. The van der Waals surface area contributed by atoms with Crippen molar-refractivity contribution < 1.29 is 0 Å². The minimum absolute atomic E-state index is 0.162. The zero-order valence-electron chi connectivity index (χ0n) is 17.1. The molecule has 1 aromatic rings. The van der Waals surface area contributed by atoms with E-state index in [1.807, 2.05) is 0 Å². The Hall–Kier alpha value is -0.863. The second-order valence-electron chi connectivity index (χ2n) is 9.13. The third kappa shape index (κ3) is 2.96. The highest BCUT2D eigenvalue weighted by atomic mass is 28.3. The second-order valence-corrected chi connectivity index (χ2v) is 13.4. The van der Waals surface area contributed by atoms with Crippen molar-refractivity contribution in [2.45, 2.75) is 86.5 Å². The summed E-state index contributed by atoms with van der Waals surface area (Å²) in [7, 11) is -1.66. The van der Waals surface area contributed by atoms with Crippen LogP contribution in [-0.4, -0.2) is 13.8 Å². The predicted octanol–water partition coefficient (Wildman–Crippen LogP) is 5.94. The molecule has 1 aromatic carbocycles. The van der Waals surface area contributed by atoms with Crippen molar-refractivity contribution in [3.05, 3.63) is 39.0 Å². The van der Waals surface area contributed by atoms with Crippen molar-refractivity contribution in [3.63, 3.8) is 0 Å². The second kappa shape index (κ2) is 5.60. The van der Waals surface area contributed by atoms with Crippen LogP contribution in [0.5, 0.6) is 0 Å². The van der Waals surface area contributed by atoms with Gasteiger partial charge in [0.25, 0.3) is 0 Å². The minimum atomic E-state index is -1.66. The van der Waals surface area contributed by atoms with E-state index in [0.29, 0.717) is 5.54 Å². The van der Waals surface area contributed by atoms with Crippen LogP contribution in [0.25, 0.3) is 5.57 Å². The van der Waals surface area contributed by atoms with Gasteiger partial charge in [-0.2, -0.15) is 0 Å². The van der Waals surface area contributed by atoms with Gasteiger partial charge in [0.2, 0.25) is 0 Å². The first-order valence-electron chi connectivity index (χ1n) is 8.87. The van der Waals surface area contributed by atoms with Gasteiger partial charge in [0.05, 0.1) is 0 Å². The van der Waals surface area contributed by atoms with Crippen molar-refractivity contribution in [2.75, 3.05) is 0 Å². The smallest absolute Gasteiger partial charge is 0.131 e. The fourth-order valence-corrected chi connectivity index (χ4v) is 9.22. The molecule has 1 aliphatic carbocycles. The molecule has 0 amide bonds. The van der Waals surface area contributed by atoms with E-state index in [4.69, 9.17) is 0 Å². The molecule has 128 valence electrons. The molecular weight excluding hydrogens is 294 g/mol. The summed E-state index contributed by atoms with van der Waals surface area (Å²) in [5, 5.41) is 0. The summed E-state index contributed by atoms with van der Waals surface area (Å²) in [4.78, 5) is 4.01. The Labute approximate surface area is 144 Å². The van der Waals surface area contributed by atoms with E-state index in [0.717, 1.165) is 0 Å². The third-order valence-corrected chi connectivity index (χ3v) is 9.40. The molecule has 1 aliphatic rings. The number of fused-ring (bicyclic) bond motifs is 1. The lowest BCUT2D eigenvalue weighted by Gasteiger charge is -2.39. The standard InChI is InChI=1S/C21H35NSi/c1-12-13(2)15(4)19-18(14(12)3)16(5)17(6)20(19)23(10,11)22-21(7,8)9/h20,22H,1-11H3.